The molecule has 0 unspecified atom stereocenters. The Bertz CT molecular complexity index is 941. The number of fused-ring (bicyclic) bond motifs is 1. The Balaban J connectivity index is 1.87. The summed E-state index contributed by atoms with van der Waals surface area (Å²) in [6, 6.07) is 8.10. The fourth-order valence-corrected chi connectivity index (χ4v) is 3.04. The van der Waals surface area contributed by atoms with E-state index in [1.807, 2.05) is 25.1 Å². The molecule has 0 aliphatic carbocycles. The lowest BCUT2D eigenvalue weighted by atomic mass is 10.1. The van der Waals surface area contributed by atoms with Gasteiger partial charge in [-0.2, -0.15) is 0 Å². The van der Waals surface area contributed by atoms with Gasteiger partial charge in [0.15, 0.2) is 0 Å². The largest absolute Gasteiger partial charge is 0.348 e. The van der Waals surface area contributed by atoms with Crippen molar-refractivity contribution in [2.75, 3.05) is 27.2 Å². The van der Waals surface area contributed by atoms with Crippen LogP contribution in [0, 0.1) is 13.8 Å². The third kappa shape index (κ3) is 4.39. The van der Waals surface area contributed by atoms with Crippen molar-refractivity contribution in [3.8, 4) is 0 Å². The number of nitrogens with one attached hydrogen (secondary N) is 2. The highest BCUT2D eigenvalue weighted by Crippen LogP contribution is 2.15. The van der Waals surface area contributed by atoms with Crippen molar-refractivity contribution in [3.05, 3.63) is 63.5 Å². The van der Waals surface area contributed by atoms with Gasteiger partial charge in [-0.3, -0.25) is 9.69 Å². The summed E-state index contributed by atoms with van der Waals surface area (Å²) in [6.45, 7) is 7.19. The molecule has 0 amide bonds. The molecule has 0 saturated heterocycles. The van der Waals surface area contributed by atoms with Gasteiger partial charge in [-0.1, -0.05) is 11.6 Å². The van der Waals surface area contributed by atoms with E-state index in [9.17, 15) is 4.79 Å². The van der Waals surface area contributed by atoms with E-state index in [2.05, 4.69) is 51.8 Å². The molecular weight excluding hydrogens is 326 g/mol. The predicted octanol–water partition coefficient (Wildman–Crippen LogP) is 2.43. The summed E-state index contributed by atoms with van der Waals surface area (Å²) in [6.07, 6.45) is 1.72. The Morgan fingerprint density at radius 1 is 1.08 bits per heavy atom. The van der Waals surface area contributed by atoms with E-state index in [4.69, 9.17) is 0 Å². The second kappa shape index (κ2) is 7.85. The molecule has 1 aromatic carbocycles. The Labute approximate surface area is 153 Å². The van der Waals surface area contributed by atoms with Crippen molar-refractivity contribution in [1.82, 2.24) is 24.8 Å². The predicted molar refractivity (Wildman–Crippen MR) is 105 cm³/mol. The van der Waals surface area contributed by atoms with Gasteiger partial charge in [0.05, 0.1) is 12.0 Å². The quantitative estimate of drug-likeness (QED) is 0.685. The minimum Gasteiger partial charge on any atom is -0.348 e. The highest BCUT2D eigenvalue weighted by atomic mass is 16.1. The maximum Gasteiger partial charge on any atom is 0.252 e. The van der Waals surface area contributed by atoms with Crippen molar-refractivity contribution in [2.24, 2.45) is 0 Å². The van der Waals surface area contributed by atoms with Gasteiger partial charge in [0, 0.05) is 43.0 Å². The topological polar surface area (TPSA) is 68.0 Å². The highest BCUT2D eigenvalue weighted by molar-refractivity contribution is 5.79. The number of hydrogen-bond donors (Lipinski definition) is 2. The number of likely N-dealkylation sites (N-methyl/N-ethyl adjacent to an activating group) is 1. The number of benzene rings is 1. The molecule has 6 heteroatoms. The number of imidazole rings is 1. The summed E-state index contributed by atoms with van der Waals surface area (Å²) in [5.74, 6) is 0. The molecule has 138 valence electrons. The lowest BCUT2D eigenvalue weighted by molar-refractivity contribution is 0.223. The summed E-state index contributed by atoms with van der Waals surface area (Å²) < 4.78 is 0. The van der Waals surface area contributed by atoms with Crippen LogP contribution in [-0.2, 0) is 13.1 Å². The zero-order chi connectivity index (χ0) is 18.7. The molecule has 26 heavy (non-hydrogen) atoms. The number of aromatic amines is 2. The van der Waals surface area contributed by atoms with Crippen molar-refractivity contribution in [2.45, 2.75) is 26.9 Å². The smallest absolute Gasteiger partial charge is 0.252 e. The summed E-state index contributed by atoms with van der Waals surface area (Å²) >= 11 is 0. The van der Waals surface area contributed by atoms with E-state index in [-0.39, 0.29) is 5.56 Å². The fourth-order valence-electron chi connectivity index (χ4n) is 3.04. The van der Waals surface area contributed by atoms with E-state index in [1.165, 1.54) is 5.56 Å². The number of nitrogens with zero attached hydrogens (tertiary/aromatic N) is 3. The average Bonchev–Trinajstić information content (AvgIpc) is 2.98. The lowest BCUT2D eigenvalue weighted by Gasteiger charge is -2.23. The SMILES string of the molecule is Cc1ccc2[nH]c(=O)c(CN(CCN(C)C)Cc3nc[nH]c3C)cc2c1. The van der Waals surface area contributed by atoms with E-state index >= 15 is 0 Å². The van der Waals surface area contributed by atoms with E-state index in [0.717, 1.165) is 40.9 Å². The minimum absolute atomic E-state index is 0.0186. The van der Waals surface area contributed by atoms with Crippen LogP contribution in [0.25, 0.3) is 10.9 Å². The molecule has 2 N–H and O–H groups in total. The molecule has 0 aliphatic rings. The first-order chi connectivity index (χ1) is 12.4. The first-order valence-corrected chi connectivity index (χ1v) is 8.91. The van der Waals surface area contributed by atoms with E-state index in [1.54, 1.807) is 6.33 Å². The van der Waals surface area contributed by atoms with Gasteiger partial charge in [-0.15, -0.1) is 0 Å². The van der Waals surface area contributed by atoms with Crippen molar-refractivity contribution >= 4 is 10.9 Å². The third-order valence-corrected chi connectivity index (χ3v) is 4.64. The third-order valence-electron chi connectivity index (χ3n) is 4.64. The van der Waals surface area contributed by atoms with Gasteiger partial charge in [0.1, 0.15) is 0 Å². The number of pyridine rings is 1. The van der Waals surface area contributed by atoms with Gasteiger partial charge in [0.25, 0.3) is 5.56 Å². The van der Waals surface area contributed by atoms with Gasteiger partial charge in [0.2, 0.25) is 0 Å². The van der Waals surface area contributed by atoms with Crippen LogP contribution in [0.3, 0.4) is 0 Å². The summed E-state index contributed by atoms with van der Waals surface area (Å²) in [7, 11) is 4.12. The zero-order valence-electron chi connectivity index (χ0n) is 16.0. The Morgan fingerprint density at radius 3 is 2.58 bits per heavy atom. The summed E-state index contributed by atoms with van der Waals surface area (Å²) in [5.41, 5.74) is 4.93. The Morgan fingerprint density at radius 2 is 1.88 bits per heavy atom. The zero-order valence-corrected chi connectivity index (χ0v) is 16.0. The second-order valence-electron chi connectivity index (χ2n) is 7.20. The maximum absolute atomic E-state index is 12.5. The second-order valence-corrected chi connectivity index (χ2v) is 7.20. The fraction of sp³-hybridized carbons (Fsp3) is 0.400. The van der Waals surface area contributed by atoms with Gasteiger partial charge < -0.3 is 14.9 Å². The van der Waals surface area contributed by atoms with Crippen LogP contribution < -0.4 is 5.56 Å². The minimum atomic E-state index is -0.0186. The van der Waals surface area contributed by atoms with Crippen LogP contribution in [0.5, 0.6) is 0 Å². The van der Waals surface area contributed by atoms with Gasteiger partial charge in [-0.05, 0) is 51.5 Å². The van der Waals surface area contributed by atoms with Crippen molar-refractivity contribution in [3.63, 3.8) is 0 Å². The van der Waals surface area contributed by atoms with Crippen LogP contribution in [0.15, 0.2) is 35.4 Å². The molecule has 2 heterocycles. The monoisotopic (exact) mass is 353 g/mol. The molecule has 0 spiro atoms. The lowest BCUT2D eigenvalue weighted by Crippen LogP contribution is -2.33. The molecule has 3 aromatic rings. The first-order valence-electron chi connectivity index (χ1n) is 8.91. The van der Waals surface area contributed by atoms with Crippen LogP contribution in [0.2, 0.25) is 0 Å². The molecule has 0 radical (unpaired) electrons. The summed E-state index contributed by atoms with van der Waals surface area (Å²) in [5, 5.41) is 1.07. The summed E-state index contributed by atoms with van der Waals surface area (Å²) in [4.78, 5) is 27.5. The molecule has 2 aromatic heterocycles. The average molecular weight is 353 g/mol. The Kier molecular flexibility index (Phi) is 5.54. The highest BCUT2D eigenvalue weighted by Gasteiger charge is 2.13. The van der Waals surface area contributed by atoms with Crippen molar-refractivity contribution < 1.29 is 0 Å². The van der Waals surface area contributed by atoms with Crippen LogP contribution in [0.4, 0.5) is 0 Å². The number of H-pyrrole nitrogens is 2. The van der Waals surface area contributed by atoms with Crippen LogP contribution in [0.1, 0.15) is 22.5 Å². The van der Waals surface area contributed by atoms with Crippen LogP contribution in [-0.4, -0.2) is 51.9 Å². The normalized spacial score (nSPS) is 11.8. The molecule has 0 fully saturated rings. The molecule has 3 rings (SSSR count). The molecule has 6 nitrogen and oxygen atoms in total. The molecule has 0 aliphatic heterocycles. The van der Waals surface area contributed by atoms with Gasteiger partial charge in [-0.25, -0.2) is 4.98 Å². The van der Waals surface area contributed by atoms with Crippen molar-refractivity contribution in [1.29, 1.82) is 0 Å². The molecule has 0 bridgehead atoms. The number of aromatic nitrogens is 3. The molecular formula is C20H27N5O. The van der Waals surface area contributed by atoms with Gasteiger partial charge >= 0.3 is 0 Å². The number of aryl methyl sites for hydroxylation is 2. The Hall–Kier alpha value is -2.44. The molecule has 0 saturated carbocycles. The maximum atomic E-state index is 12.5. The molecule has 0 atom stereocenters. The van der Waals surface area contributed by atoms with Crippen LogP contribution >= 0.6 is 0 Å². The first kappa shape index (κ1) is 18.4. The van der Waals surface area contributed by atoms with E-state index in [0.29, 0.717) is 13.1 Å². The van der Waals surface area contributed by atoms with E-state index < -0.39 is 0 Å². The number of rotatable bonds is 7. The standard InChI is InChI=1S/C20H27N5O/c1-14-5-6-18-16(9-14)10-17(20(26)23-18)11-25(8-7-24(3)4)12-19-15(2)21-13-22-19/h5-6,9-10,13H,7-8,11-12H2,1-4H3,(H,21,22)(H,23,26). The number of hydrogen-bond acceptors (Lipinski definition) is 4.